The number of H-pyrrole nitrogens is 1. The Morgan fingerprint density at radius 2 is 1.87 bits per heavy atom. The van der Waals surface area contributed by atoms with Crippen LogP contribution in [0.5, 0.6) is 0 Å². The topological polar surface area (TPSA) is 126 Å². The fraction of sp³-hybridized carbons (Fsp3) is 0.471. The number of fused-ring (bicyclic) bond motifs is 2. The fourth-order valence-corrected chi connectivity index (χ4v) is 6.41. The minimum atomic E-state index is -1.49. The molecule has 2 N–H and O–H groups in total. The van der Waals surface area contributed by atoms with E-state index >= 15 is 0 Å². The van der Waals surface area contributed by atoms with Gasteiger partial charge in [-0.1, -0.05) is 6.07 Å². The van der Waals surface area contributed by atoms with E-state index in [4.69, 9.17) is 14.5 Å². The van der Waals surface area contributed by atoms with Crippen LogP contribution in [0, 0.1) is 6.92 Å². The van der Waals surface area contributed by atoms with Gasteiger partial charge in [0.2, 0.25) is 0 Å². The molecular weight excluding hydrogens is 572 g/mol. The SMILES string of the molecule is Cc1ncn(C)c1-c1c[nH]c2ncc(-c3cc4c(c(C5COCCN5C(=O)OC(C)(C)C)c3)CN(C(=O)C(C)(C)O)CC4)cc12. The van der Waals surface area contributed by atoms with Crippen LogP contribution in [0.15, 0.2) is 36.9 Å². The lowest BCUT2D eigenvalue weighted by molar-refractivity contribution is -0.148. The van der Waals surface area contributed by atoms with Crippen LogP contribution >= 0.6 is 0 Å². The number of pyridine rings is 1. The van der Waals surface area contributed by atoms with Gasteiger partial charge in [-0.05, 0) is 82.3 Å². The predicted molar refractivity (Wildman–Crippen MR) is 170 cm³/mol. The van der Waals surface area contributed by atoms with Crippen LogP contribution in [0.25, 0.3) is 33.4 Å². The quantitative estimate of drug-likeness (QED) is 0.335. The lowest BCUT2D eigenvalue weighted by atomic mass is 9.86. The van der Waals surface area contributed by atoms with Crippen molar-refractivity contribution in [3.05, 3.63) is 59.3 Å². The largest absolute Gasteiger partial charge is 0.444 e. The van der Waals surface area contributed by atoms with Gasteiger partial charge >= 0.3 is 6.09 Å². The summed E-state index contributed by atoms with van der Waals surface area (Å²) in [5.41, 5.74) is 6.47. The van der Waals surface area contributed by atoms with Crippen molar-refractivity contribution in [1.29, 1.82) is 0 Å². The van der Waals surface area contributed by atoms with Crippen molar-refractivity contribution >= 4 is 23.0 Å². The van der Waals surface area contributed by atoms with Crippen molar-refractivity contribution in [2.75, 3.05) is 26.3 Å². The van der Waals surface area contributed by atoms with Gasteiger partial charge in [-0.2, -0.15) is 0 Å². The van der Waals surface area contributed by atoms with E-state index in [1.54, 1.807) is 9.80 Å². The van der Waals surface area contributed by atoms with Gasteiger partial charge in [-0.3, -0.25) is 9.69 Å². The summed E-state index contributed by atoms with van der Waals surface area (Å²) in [4.78, 5) is 42.6. The summed E-state index contributed by atoms with van der Waals surface area (Å²) >= 11 is 0. The number of nitrogens with one attached hydrogen (secondary N) is 1. The number of nitrogens with zero attached hydrogens (tertiary/aromatic N) is 5. The van der Waals surface area contributed by atoms with Crippen molar-refractivity contribution in [3.8, 4) is 22.4 Å². The van der Waals surface area contributed by atoms with Gasteiger partial charge in [0.05, 0.1) is 37.0 Å². The molecule has 2 aliphatic rings. The number of rotatable bonds is 4. The molecule has 3 aromatic heterocycles. The smallest absolute Gasteiger partial charge is 0.410 e. The third-order valence-electron chi connectivity index (χ3n) is 8.54. The summed E-state index contributed by atoms with van der Waals surface area (Å²) in [5.74, 6) is -0.327. The van der Waals surface area contributed by atoms with Gasteiger partial charge in [0.1, 0.15) is 16.8 Å². The van der Waals surface area contributed by atoms with Crippen LogP contribution in [0.1, 0.15) is 63.0 Å². The number of aryl methyl sites for hydroxylation is 2. The number of carbonyl (C=O) groups excluding carboxylic acids is 2. The third kappa shape index (κ3) is 5.94. The fourth-order valence-electron chi connectivity index (χ4n) is 6.41. The molecule has 11 nitrogen and oxygen atoms in total. The number of morpholine rings is 1. The number of amides is 2. The first-order valence-electron chi connectivity index (χ1n) is 15.4. The Morgan fingerprint density at radius 1 is 1.09 bits per heavy atom. The number of ether oxygens (including phenoxy) is 2. The number of aliphatic hydroxyl groups is 1. The van der Waals surface area contributed by atoms with Gasteiger partial charge in [-0.25, -0.2) is 14.8 Å². The zero-order valence-electron chi connectivity index (χ0n) is 27.1. The molecule has 1 unspecified atom stereocenters. The second-order valence-corrected chi connectivity index (χ2v) is 13.6. The molecule has 2 aliphatic heterocycles. The Bertz CT molecular complexity index is 1760. The first-order chi connectivity index (χ1) is 21.2. The summed E-state index contributed by atoms with van der Waals surface area (Å²) in [6, 6.07) is 5.98. The van der Waals surface area contributed by atoms with E-state index in [-0.39, 0.29) is 5.91 Å². The summed E-state index contributed by atoms with van der Waals surface area (Å²) in [6.07, 6.45) is 5.85. The molecule has 2 amide bonds. The molecule has 0 radical (unpaired) electrons. The van der Waals surface area contributed by atoms with Crippen molar-refractivity contribution in [3.63, 3.8) is 0 Å². The molecule has 238 valence electrons. The van der Waals surface area contributed by atoms with Crippen LogP contribution in [0.3, 0.4) is 0 Å². The molecule has 6 rings (SSSR count). The lowest BCUT2D eigenvalue weighted by Gasteiger charge is -2.40. The second kappa shape index (κ2) is 11.3. The molecule has 0 aliphatic carbocycles. The molecule has 0 spiro atoms. The molecule has 0 saturated carbocycles. The second-order valence-electron chi connectivity index (χ2n) is 13.6. The van der Waals surface area contributed by atoms with Crippen LogP contribution in [-0.4, -0.2) is 83.9 Å². The Morgan fingerprint density at radius 3 is 2.56 bits per heavy atom. The first kappa shape index (κ1) is 30.8. The van der Waals surface area contributed by atoms with Crippen LogP contribution in [0.4, 0.5) is 4.79 Å². The van der Waals surface area contributed by atoms with Crippen molar-refractivity contribution in [2.45, 2.75) is 71.8 Å². The van der Waals surface area contributed by atoms with Crippen molar-refractivity contribution in [1.82, 2.24) is 29.3 Å². The number of aromatic amines is 1. The van der Waals surface area contributed by atoms with Gasteiger partial charge < -0.3 is 29.0 Å². The molecule has 45 heavy (non-hydrogen) atoms. The maximum atomic E-state index is 13.5. The third-order valence-corrected chi connectivity index (χ3v) is 8.54. The van der Waals surface area contributed by atoms with Crippen LogP contribution in [0.2, 0.25) is 0 Å². The van der Waals surface area contributed by atoms with E-state index in [9.17, 15) is 14.7 Å². The van der Waals surface area contributed by atoms with E-state index in [1.165, 1.54) is 13.8 Å². The first-order valence-corrected chi connectivity index (χ1v) is 15.4. The van der Waals surface area contributed by atoms with E-state index in [0.717, 1.165) is 55.8 Å². The number of aromatic nitrogens is 4. The minimum Gasteiger partial charge on any atom is -0.444 e. The maximum absolute atomic E-state index is 13.5. The Hall–Kier alpha value is -4.22. The van der Waals surface area contributed by atoms with Gasteiger partial charge in [0, 0.05) is 55.6 Å². The highest BCUT2D eigenvalue weighted by molar-refractivity contribution is 5.95. The average Bonchev–Trinajstić information content (AvgIpc) is 3.55. The van der Waals surface area contributed by atoms with E-state index in [0.29, 0.717) is 39.3 Å². The minimum absolute atomic E-state index is 0.299. The average molecular weight is 615 g/mol. The summed E-state index contributed by atoms with van der Waals surface area (Å²) in [5, 5.41) is 11.5. The van der Waals surface area contributed by atoms with Crippen molar-refractivity contribution in [2.24, 2.45) is 7.05 Å². The van der Waals surface area contributed by atoms with Gasteiger partial charge in [0.15, 0.2) is 0 Å². The zero-order chi connectivity index (χ0) is 32.3. The molecule has 11 heteroatoms. The number of carbonyl (C=O) groups is 2. The monoisotopic (exact) mass is 614 g/mol. The van der Waals surface area contributed by atoms with Gasteiger partial charge in [0.25, 0.3) is 5.91 Å². The highest BCUT2D eigenvalue weighted by Gasteiger charge is 2.37. The van der Waals surface area contributed by atoms with E-state index in [1.807, 2.05) is 58.0 Å². The number of benzene rings is 1. The normalized spacial score (nSPS) is 17.5. The molecule has 0 bridgehead atoms. The predicted octanol–water partition coefficient (Wildman–Crippen LogP) is 4.90. The molecule has 1 aromatic carbocycles. The number of hydrogen-bond donors (Lipinski definition) is 2. The Kier molecular flexibility index (Phi) is 7.73. The van der Waals surface area contributed by atoms with E-state index < -0.39 is 23.3 Å². The van der Waals surface area contributed by atoms with E-state index in [2.05, 4.69) is 28.2 Å². The molecule has 5 heterocycles. The summed E-state index contributed by atoms with van der Waals surface area (Å²) in [6.45, 7) is 12.5. The standard InChI is InChI=1S/C34H42N6O5/c1-20-29(38(7)19-37-20)26-16-36-30-25(26)14-23(15-35-30)22-12-21-8-9-39(31(41)34(5,6)43)17-27(21)24(13-22)28-18-44-11-10-40(28)32(42)45-33(2,3)4/h12-16,19,28,43H,8-11,17-18H2,1-7H3,(H,35,36). The lowest BCUT2D eigenvalue weighted by Crippen LogP contribution is -2.48. The Labute approximate surface area is 263 Å². The summed E-state index contributed by atoms with van der Waals surface area (Å²) < 4.78 is 13.8. The van der Waals surface area contributed by atoms with Crippen LogP contribution < -0.4 is 0 Å². The van der Waals surface area contributed by atoms with Crippen LogP contribution in [-0.2, 0) is 34.3 Å². The highest BCUT2D eigenvalue weighted by Crippen LogP contribution is 2.38. The molecule has 1 fully saturated rings. The summed E-state index contributed by atoms with van der Waals surface area (Å²) in [7, 11) is 1.98. The Balaban J connectivity index is 1.48. The molecule has 1 atom stereocenters. The van der Waals surface area contributed by atoms with Crippen molar-refractivity contribution < 1.29 is 24.2 Å². The molecule has 4 aromatic rings. The zero-order valence-corrected chi connectivity index (χ0v) is 27.1. The molecule has 1 saturated heterocycles. The molecular formula is C34H42N6O5. The number of hydrogen-bond acceptors (Lipinski definition) is 7. The number of imidazole rings is 1. The highest BCUT2D eigenvalue weighted by atomic mass is 16.6. The van der Waals surface area contributed by atoms with Gasteiger partial charge in [-0.15, -0.1) is 0 Å². The maximum Gasteiger partial charge on any atom is 0.410 e.